The van der Waals surface area contributed by atoms with Crippen molar-refractivity contribution < 1.29 is 14.3 Å². The second-order valence-electron chi connectivity index (χ2n) is 10.4. The maximum absolute atomic E-state index is 13.3. The van der Waals surface area contributed by atoms with E-state index in [1.807, 2.05) is 41.8 Å². The maximum atomic E-state index is 13.3. The fourth-order valence-corrected chi connectivity index (χ4v) is 6.34. The lowest BCUT2D eigenvalue weighted by Crippen LogP contribution is -2.48. The number of nitrogens with zero attached hydrogens (tertiary/aromatic N) is 3. The van der Waals surface area contributed by atoms with E-state index in [0.717, 1.165) is 12.8 Å². The third-order valence-corrected chi connectivity index (χ3v) is 8.07. The highest BCUT2D eigenvalue weighted by atomic mass is 16.6. The number of hydrogen-bond acceptors (Lipinski definition) is 4. The number of amides is 1. The topological polar surface area (TPSA) is 64.4 Å². The van der Waals surface area contributed by atoms with Gasteiger partial charge in [-0.15, -0.1) is 0 Å². The summed E-state index contributed by atoms with van der Waals surface area (Å²) >= 11 is 0. The molecule has 0 N–H and O–H groups in total. The van der Waals surface area contributed by atoms with E-state index in [9.17, 15) is 9.59 Å². The number of benzene rings is 2. The van der Waals surface area contributed by atoms with Crippen molar-refractivity contribution in [3.63, 3.8) is 0 Å². The number of fused-ring (bicyclic) bond motifs is 5. The van der Waals surface area contributed by atoms with Gasteiger partial charge in [-0.25, -0.2) is 4.79 Å². The van der Waals surface area contributed by atoms with Crippen LogP contribution in [0.5, 0.6) is 0 Å². The molecule has 6 heteroatoms. The minimum Gasteiger partial charge on any atom is -0.448 e. The quantitative estimate of drug-likeness (QED) is 0.441. The normalized spacial score (nSPS) is 22.8. The summed E-state index contributed by atoms with van der Waals surface area (Å²) in [6.45, 7) is 4.43. The Bertz CT molecular complexity index is 1220. The van der Waals surface area contributed by atoms with Gasteiger partial charge in [0.15, 0.2) is 5.78 Å². The Morgan fingerprint density at radius 3 is 2.14 bits per heavy atom. The SMILES string of the molecule is CC(C)n1cc(C(=O)C2CC3CCC(C2)N3C(=O)OCC2c3ccccc3-c3ccccc32)cn1. The largest absolute Gasteiger partial charge is 0.448 e. The van der Waals surface area contributed by atoms with Crippen LogP contribution >= 0.6 is 0 Å². The highest BCUT2D eigenvalue weighted by Crippen LogP contribution is 2.45. The van der Waals surface area contributed by atoms with Gasteiger partial charge in [0, 0.05) is 36.2 Å². The van der Waals surface area contributed by atoms with E-state index in [0.29, 0.717) is 25.0 Å². The fourth-order valence-electron chi connectivity index (χ4n) is 6.34. The summed E-state index contributed by atoms with van der Waals surface area (Å²) in [7, 11) is 0. The molecule has 0 saturated carbocycles. The van der Waals surface area contributed by atoms with Gasteiger partial charge in [-0.1, -0.05) is 48.5 Å². The minimum atomic E-state index is -0.238. The number of ketones is 1. The first kappa shape index (κ1) is 22.1. The number of aromatic nitrogens is 2. The highest BCUT2D eigenvalue weighted by Gasteiger charge is 2.46. The van der Waals surface area contributed by atoms with Crippen molar-refractivity contribution in [2.75, 3.05) is 6.61 Å². The van der Waals surface area contributed by atoms with Crippen LogP contribution in [0.4, 0.5) is 4.79 Å². The summed E-state index contributed by atoms with van der Waals surface area (Å²) in [4.78, 5) is 28.4. The summed E-state index contributed by atoms with van der Waals surface area (Å²) < 4.78 is 7.79. The predicted molar refractivity (Wildman–Crippen MR) is 133 cm³/mol. The van der Waals surface area contributed by atoms with Crippen LogP contribution in [0.25, 0.3) is 11.1 Å². The zero-order chi connectivity index (χ0) is 24.1. The highest BCUT2D eigenvalue weighted by molar-refractivity contribution is 5.97. The number of rotatable bonds is 5. The molecule has 3 aliphatic rings. The van der Waals surface area contributed by atoms with Crippen LogP contribution in [-0.2, 0) is 4.74 Å². The van der Waals surface area contributed by atoms with Crippen molar-refractivity contribution in [1.29, 1.82) is 0 Å². The van der Waals surface area contributed by atoms with Gasteiger partial charge in [0.1, 0.15) is 6.61 Å². The molecular weight excluding hydrogens is 438 g/mol. The Morgan fingerprint density at radius 2 is 1.57 bits per heavy atom. The molecule has 3 heterocycles. The van der Waals surface area contributed by atoms with Crippen LogP contribution < -0.4 is 0 Å². The molecule has 180 valence electrons. The molecule has 2 aliphatic heterocycles. The molecule has 2 aromatic carbocycles. The first-order chi connectivity index (χ1) is 17.0. The molecule has 2 atom stereocenters. The predicted octanol–water partition coefficient (Wildman–Crippen LogP) is 5.84. The minimum absolute atomic E-state index is 0.0561. The zero-order valence-corrected chi connectivity index (χ0v) is 20.3. The van der Waals surface area contributed by atoms with Crippen LogP contribution in [0.15, 0.2) is 60.9 Å². The molecule has 1 amide bonds. The molecule has 2 fully saturated rings. The second-order valence-corrected chi connectivity index (χ2v) is 10.4. The maximum Gasteiger partial charge on any atom is 0.410 e. The number of carbonyl (C=O) groups excluding carboxylic acids is 2. The molecule has 1 aromatic heterocycles. The van der Waals surface area contributed by atoms with Gasteiger partial charge in [-0.2, -0.15) is 5.10 Å². The standard InChI is InChI=1S/C29H31N3O3/c1-18(2)31-16-20(15-30-31)28(33)19-13-21-11-12-22(14-19)32(21)29(34)35-17-27-25-9-5-3-7-23(25)24-8-4-6-10-26(24)27/h3-10,15-16,18-19,21-22,27H,11-14,17H2,1-2H3. The number of carbonyl (C=O) groups is 2. The van der Waals surface area contributed by atoms with Crippen LogP contribution in [0, 0.1) is 5.92 Å². The van der Waals surface area contributed by atoms with Crippen LogP contribution in [-0.4, -0.2) is 45.2 Å². The summed E-state index contributed by atoms with van der Waals surface area (Å²) in [5.41, 5.74) is 5.57. The van der Waals surface area contributed by atoms with E-state index in [-0.39, 0.29) is 41.8 Å². The number of ether oxygens (including phenoxy) is 1. The Balaban J connectivity index is 1.13. The number of Topliss-reactive ketones (excluding diaryl/α,β-unsaturated/α-hetero) is 1. The summed E-state index contributed by atoms with van der Waals surface area (Å²) in [5.74, 6) is 0.150. The monoisotopic (exact) mass is 469 g/mol. The van der Waals surface area contributed by atoms with E-state index in [1.54, 1.807) is 6.20 Å². The molecule has 1 aliphatic carbocycles. The van der Waals surface area contributed by atoms with E-state index in [4.69, 9.17) is 4.74 Å². The molecule has 0 spiro atoms. The fraction of sp³-hybridized carbons (Fsp3) is 0.414. The number of hydrogen-bond donors (Lipinski definition) is 0. The second kappa shape index (κ2) is 8.67. The lowest BCUT2D eigenvalue weighted by molar-refractivity contribution is 0.0506. The van der Waals surface area contributed by atoms with Crippen molar-refractivity contribution in [2.24, 2.45) is 5.92 Å². The van der Waals surface area contributed by atoms with Gasteiger partial charge in [0.05, 0.1) is 11.8 Å². The smallest absolute Gasteiger partial charge is 0.410 e. The van der Waals surface area contributed by atoms with Crippen molar-refractivity contribution in [2.45, 2.75) is 63.6 Å². The molecular formula is C29H31N3O3. The van der Waals surface area contributed by atoms with E-state index in [1.165, 1.54) is 22.3 Å². The molecule has 3 aromatic rings. The Hall–Kier alpha value is -3.41. The van der Waals surface area contributed by atoms with Gasteiger partial charge in [0.25, 0.3) is 0 Å². The van der Waals surface area contributed by atoms with Crippen LogP contribution in [0.3, 0.4) is 0 Å². The number of piperidine rings is 1. The summed E-state index contributed by atoms with van der Waals surface area (Å²) in [5, 5.41) is 4.33. The zero-order valence-electron chi connectivity index (χ0n) is 20.3. The first-order valence-electron chi connectivity index (χ1n) is 12.7. The van der Waals surface area contributed by atoms with Gasteiger partial charge >= 0.3 is 6.09 Å². The van der Waals surface area contributed by atoms with E-state index in [2.05, 4.69) is 41.5 Å². The van der Waals surface area contributed by atoms with Gasteiger partial charge in [-0.3, -0.25) is 9.48 Å². The molecule has 2 unspecified atom stereocenters. The summed E-state index contributed by atoms with van der Waals surface area (Å²) in [6, 6.07) is 17.1. The molecule has 6 rings (SSSR count). The van der Waals surface area contributed by atoms with Crippen molar-refractivity contribution in [3.05, 3.63) is 77.6 Å². The molecule has 6 nitrogen and oxygen atoms in total. The van der Waals surface area contributed by atoms with E-state index >= 15 is 0 Å². The lowest BCUT2D eigenvalue weighted by Gasteiger charge is -2.37. The van der Waals surface area contributed by atoms with Crippen molar-refractivity contribution in [1.82, 2.24) is 14.7 Å². The Kier molecular flexibility index (Phi) is 5.47. The molecule has 2 bridgehead atoms. The van der Waals surface area contributed by atoms with Crippen molar-refractivity contribution in [3.8, 4) is 11.1 Å². The van der Waals surface area contributed by atoms with Crippen LogP contribution in [0.1, 0.15) is 73.0 Å². The molecule has 0 radical (unpaired) electrons. The Morgan fingerprint density at radius 1 is 0.971 bits per heavy atom. The van der Waals surface area contributed by atoms with Gasteiger partial charge < -0.3 is 9.64 Å². The summed E-state index contributed by atoms with van der Waals surface area (Å²) in [6.07, 6.45) is 6.57. The first-order valence-corrected chi connectivity index (χ1v) is 12.7. The molecule has 2 saturated heterocycles. The van der Waals surface area contributed by atoms with Gasteiger partial charge in [-0.05, 0) is 61.8 Å². The third-order valence-electron chi connectivity index (χ3n) is 8.07. The van der Waals surface area contributed by atoms with Crippen LogP contribution in [0.2, 0.25) is 0 Å². The van der Waals surface area contributed by atoms with Crippen molar-refractivity contribution >= 4 is 11.9 Å². The lowest BCUT2D eigenvalue weighted by atomic mass is 9.85. The molecule has 35 heavy (non-hydrogen) atoms. The average Bonchev–Trinajstić information content (AvgIpc) is 3.55. The van der Waals surface area contributed by atoms with E-state index < -0.39 is 0 Å². The Labute approximate surface area is 205 Å². The third kappa shape index (κ3) is 3.76. The van der Waals surface area contributed by atoms with Gasteiger partial charge in [0.2, 0.25) is 0 Å². The average molecular weight is 470 g/mol.